The third-order valence-corrected chi connectivity index (χ3v) is 2.38. The molecule has 1 fully saturated rings. The van der Waals surface area contributed by atoms with Crippen molar-refractivity contribution < 1.29 is 23.8 Å². The summed E-state index contributed by atoms with van der Waals surface area (Å²) < 4.78 is 15.0. The van der Waals surface area contributed by atoms with Crippen molar-refractivity contribution in [1.82, 2.24) is 0 Å². The number of cyclic esters (lactones) is 2. The van der Waals surface area contributed by atoms with Gasteiger partial charge in [0, 0.05) is 0 Å². The molecule has 5 nitrogen and oxygen atoms in total. The average molecular weight is 228 g/mol. The maximum atomic E-state index is 11.7. The molecule has 0 N–H and O–H groups in total. The maximum absolute atomic E-state index is 11.7. The predicted octanol–water partition coefficient (Wildman–Crippen LogP) is 1.58. The van der Waals surface area contributed by atoms with E-state index in [0.717, 1.165) is 6.26 Å². The van der Waals surface area contributed by atoms with Crippen LogP contribution in [0.3, 0.4) is 0 Å². The normalized spacial score (nSPS) is 29.6. The Hall–Kier alpha value is -1.52. The summed E-state index contributed by atoms with van der Waals surface area (Å²) in [5.74, 6) is -3.92. The minimum Gasteiger partial charge on any atom is -0.429 e. The molecule has 0 radical (unpaired) electrons. The molecule has 0 bridgehead atoms. The van der Waals surface area contributed by atoms with Crippen molar-refractivity contribution in [3.63, 3.8) is 0 Å². The van der Waals surface area contributed by atoms with E-state index in [2.05, 4.69) is 6.58 Å². The lowest BCUT2D eigenvalue weighted by atomic mass is 9.95. The summed E-state index contributed by atoms with van der Waals surface area (Å²) in [6.45, 7) is 8.53. The highest BCUT2D eigenvalue weighted by Crippen LogP contribution is 2.31. The number of hydrogen-bond donors (Lipinski definition) is 0. The van der Waals surface area contributed by atoms with E-state index in [0.29, 0.717) is 0 Å². The van der Waals surface area contributed by atoms with Crippen LogP contribution in [0.25, 0.3) is 0 Å². The van der Waals surface area contributed by atoms with Crippen LogP contribution in [-0.2, 0) is 23.8 Å². The fourth-order valence-corrected chi connectivity index (χ4v) is 1.50. The summed E-state index contributed by atoms with van der Waals surface area (Å²) >= 11 is 0. The van der Waals surface area contributed by atoms with Gasteiger partial charge in [-0.1, -0.05) is 27.4 Å². The van der Waals surface area contributed by atoms with Crippen LogP contribution in [0.4, 0.5) is 0 Å². The quantitative estimate of drug-likeness (QED) is 0.415. The molecule has 0 spiro atoms. The Bertz CT molecular complexity index is 289. The highest BCUT2D eigenvalue weighted by atomic mass is 16.9. The van der Waals surface area contributed by atoms with Gasteiger partial charge in [-0.2, -0.15) is 0 Å². The van der Waals surface area contributed by atoms with Crippen molar-refractivity contribution in [1.29, 1.82) is 0 Å². The second kappa shape index (κ2) is 4.55. The van der Waals surface area contributed by atoms with E-state index in [-0.39, 0.29) is 12.3 Å². The third-order valence-electron chi connectivity index (χ3n) is 2.38. The van der Waals surface area contributed by atoms with Gasteiger partial charge in [0.05, 0.1) is 12.7 Å². The molecule has 0 aromatic heterocycles. The van der Waals surface area contributed by atoms with E-state index in [1.165, 1.54) is 0 Å². The molecule has 0 aliphatic carbocycles. The van der Waals surface area contributed by atoms with E-state index < -0.39 is 23.8 Å². The van der Waals surface area contributed by atoms with Crippen LogP contribution in [0, 0.1) is 11.8 Å². The van der Waals surface area contributed by atoms with Gasteiger partial charge in [0.1, 0.15) is 0 Å². The van der Waals surface area contributed by atoms with Gasteiger partial charge in [0.25, 0.3) is 0 Å². The van der Waals surface area contributed by atoms with Crippen molar-refractivity contribution in [3.05, 3.63) is 12.8 Å². The lowest BCUT2D eigenvalue weighted by molar-refractivity contribution is -0.343. The lowest BCUT2D eigenvalue weighted by Gasteiger charge is -2.36. The van der Waals surface area contributed by atoms with Crippen LogP contribution >= 0.6 is 0 Å². The monoisotopic (exact) mass is 228 g/mol. The molecule has 1 aliphatic rings. The predicted molar refractivity (Wildman–Crippen MR) is 54.8 cm³/mol. The summed E-state index contributed by atoms with van der Waals surface area (Å²) in [7, 11) is 0. The van der Waals surface area contributed by atoms with Crippen LogP contribution < -0.4 is 0 Å². The number of carbonyl (C=O) groups is 2. The largest absolute Gasteiger partial charge is 0.429 e. The number of ether oxygens (including phenoxy) is 3. The molecule has 5 heteroatoms. The first-order valence-corrected chi connectivity index (χ1v) is 5.20. The van der Waals surface area contributed by atoms with Crippen molar-refractivity contribution in [2.45, 2.75) is 33.2 Å². The molecule has 0 amide bonds. The van der Waals surface area contributed by atoms with Gasteiger partial charge in [-0.05, 0) is 5.92 Å². The Labute approximate surface area is 94.4 Å². The summed E-state index contributed by atoms with van der Waals surface area (Å²) in [5.41, 5.74) is 0. The average Bonchev–Trinajstić information content (AvgIpc) is 2.16. The molecule has 1 rings (SSSR count). The van der Waals surface area contributed by atoms with Crippen LogP contribution in [-0.4, -0.2) is 17.9 Å². The number of esters is 2. The van der Waals surface area contributed by atoms with Gasteiger partial charge in [-0.25, -0.2) is 0 Å². The minimum absolute atomic E-state index is 0.168. The van der Waals surface area contributed by atoms with Crippen LogP contribution in [0.15, 0.2) is 12.8 Å². The molecular formula is C11H16O5. The molecule has 0 atom stereocenters. The van der Waals surface area contributed by atoms with Gasteiger partial charge >= 0.3 is 17.9 Å². The highest BCUT2D eigenvalue weighted by molar-refractivity contribution is 5.96. The van der Waals surface area contributed by atoms with Crippen molar-refractivity contribution >= 4 is 11.9 Å². The first kappa shape index (κ1) is 12.5. The molecule has 0 aromatic rings. The lowest BCUT2D eigenvalue weighted by Crippen LogP contribution is -2.51. The number of carbonyl (C=O) groups excluding carboxylic acids is 2. The van der Waals surface area contributed by atoms with Gasteiger partial charge < -0.3 is 14.2 Å². The van der Waals surface area contributed by atoms with Crippen molar-refractivity contribution in [2.75, 3.05) is 0 Å². The SMILES string of the molecule is C=COC1(CC)OC(=O)C(C(C)C)C(=O)O1. The summed E-state index contributed by atoms with van der Waals surface area (Å²) in [5, 5.41) is 0. The standard InChI is InChI=1S/C11H16O5/c1-5-11(14-6-2)15-9(12)8(7(3)4)10(13)16-11/h6-8H,2,5H2,1,3-4H3. The second-order valence-corrected chi connectivity index (χ2v) is 3.88. The number of rotatable bonds is 4. The molecule has 16 heavy (non-hydrogen) atoms. The maximum Gasteiger partial charge on any atom is 0.420 e. The van der Waals surface area contributed by atoms with E-state index >= 15 is 0 Å². The molecule has 0 aromatic carbocycles. The second-order valence-electron chi connectivity index (χ2n) is 3.88. The summed E-state index contributed by atoms with van der Waals surface area (Å²) in [6.07, 6.45) is 1.29. The molecule has 1 saturated heterocycles. The zero-order valence-electron chi connectivity index (χ0n) is 9.69. The molecule has 1 heterocycles. The Balaban J connectivity index is 2.90. The van der Waals surface area contributed by atoms with Gasteiger partial charge in [-0.3, -0.25) is 9.59 Å². The van der Waals surface area contributed by atoms with Crippen molar-refractivity contribution in [3.8, 4) is 0 Å². The van der Waals surface area contributed by atoms with E-state index in [1.54, 1.807) is 20.8 Å². The van der Waals surface area contributed by atoms with E-state index in [4.69, 9.17) is 14.2 Å². The van der Waals surface area contributed by atoms with Gasteiger partial charge in [-0.15, -0.1) is 0 Å². The molecule has 0 saturated carbocycles. The van der Waals surface area contributed by atoms with Crippen LogP contribution in [0.1, 0.15) is 27.2 Å². The smallest absolute Gasteiger partial charge is 0.420 e. The van der Waals surface area contributed by atoms with Gasteiger partial charge in [0.2, 0.25) is 0 Å². The molecule has 0 unspecified atom stereocenters. The van der Waals surface area contributed by atoms with Crippen molar-refractivity contribution in [2.24, 2.45) is 11.8 Å². The fraction of sp³-hybridized carbons (Fsp3) is 0.636. The first-order chi connectivity index (χ1) is 7.45. The minimum atomic E-state index is -1.64. The Morgan fingerprint density at radius 2 is 1.94 bits per heavy atom. The third kappa shape index (κ3) is 2.18. The van der Waals surface area contributed by atoms with Crippen LogP contribution in [0.5, 0.6) is 0 Å². The summed E-state index contributed by atoms with van der Waals surface area (Å²) in [4.78, 5) is 23.3. The van der Waals surface area contributed by atoms with E-state index in [1.807, 2.05) is 0 Å². The zero-order chi connectivity index (χ0) is 12.3. The Morgan fingerprint density at radius 1 is 1.44 bits per heavy atom. The Morgan fingerprint density at radius 3 is 2.25 bits per heavy atom. The number of hydrogen-bond acceptors (Lipinski definition) is 5. The summed E-state index contributed by atoms with van der Waals surface area (Å²) in [6, 6.07) is 0. The molecule has 1 aliphatic heterocycles. The Kier molecular flexibility index (Phi) is 3.57. The fourth-order valence-electron chi connectivity index (χ4n) is 1.50. The molecular weight excluding hydrogens is 212 g/mol. The van der Waals surface area contributed by atoms with Crippen LogP contribution in [0.2, 0.25) is 0 Å². The highest BCUT2D eigenvalue weighted by Gasteiger charge is 2.50. The van der Waals surface area contributed by atoms with Gasteiger partial charge in [0.15, 0.2) is 5.92 Å². The zero-order valence-corrected chi connectivity index (χ0v) is 9.69. The topological polar surface area (TPSA) is 61.8 Å². The van der Waals surface area contributed by atoms with E-state index in [9.17, 15) is 9.59 Å². The molecule has 90 valence electrons. The first-order valence-electron chi connectivity index (χ1n) is 5.20.